The number of phosphoric acid groups is 1. The van der Waals surface area contributed by atoms with Gasteiger partial charge in [0.1, 0.15) is 24.4 Å². The Balaban J connectivity index is 2.57. The monoisotopic (exact) mass is 259 g/mol. The van der Waals surface area contributed by atoms with E-state index in [4.69, 9.17) is 15.1 Å². The van der Waals surface area contributed by atoms with E-state index in [1.807, 2.05) is 0 Å². The molecule has 9 nitrogen and oxygen atoms in total. The van der Waals surface area contributed by atoms with Crippen LogP contribution in [0.3, 0.4) is 0 Å². The molecular weight excluding hydrogens is 247 g/mol. The molecule has 0 amide bonds. The number of hydrogen-bond donors (Lipinski definition) is 5. The molecule has 0 aromatic rings. The molecule has 1 heterocycles. The maximum Gasteiger partial charge on any atom is 0.265 e. The van der Waals surface area contributed by atoms with Crippen LogP contribution in [0.1, 0.15) is 0 Å². The first-order valence-corrected chi connectivity index (χ1v) is 5.78. The van der Waals surface area contributed by atoms with E-state index in [1.165, 1.54) is 0 Å². The first-order valence-electron chi connectivity index (χ1n) is 4.28. The van der Waals surface area contributed by atoms with E-state index in [0.717, 1.165) is 0 Å². The third kappa shape index (κ3) is 3.45. The maximum atomic E-state index is 10.3. The van der Waals surface area contributed by atoms with E-state index in [0.29, 0.717) is 0 Å². The molecule has 0 spiro atoms. The van der Waals surface area contributed by atoms with E-state index < -0.39 is 45.1 Å². The predicted octanol–water partition coefficient (Wildman–Crippen LogP) is -3.74. The van der Waals surface area contributed by atoms with Crippen molar-refractivity contribution in [1.82, 2.24) is 0 Å². The first kappa shape index (κ1) is 14.0. The lowest BCUT2D eigenvalue weighted by Crippen LogP contribution is -2.58. The largest absolute Gasteiger partial charge is 0.756 e. The third-order valence-corrected chi connectivity index (χ3v) is 2.56. The minimum Gasteiger partial charge on any atom is -0.756 e. The zero-order valence-corrected chi connectivity index (χ0v) is 8.80. The van der Waals surface area contributed by atoms with Gasteiger partial charge in [-0.3, -0.25) is 4.57 Å². The molecule has 1 rings (SSSR count). The average Bonchev–Trinajstić information content (AvgIpc) is 2.17. The summed E-state index contributed by atoms with van der Waals surface area (Å²) in [6, 6.07) is 0. The summed E-state index contributed by atoms with van der Waals surface area (Å²) in [6.45, 7) is -0.792. The van der Waals surface area contributed by atoms with E-state index in [1.54, 1.807) is 0 Å². The number of ether oxygens (including phenoxy) is 1. The van der Waals surface area contributed by atoms with Crippen LogP contribution >= 0.6 is 7.82 Å². The summed E-state index contributed by atoms with van der Waals surface area (Å²) in [5.74, 6) is 0. The highest BCUT2D eigenvalue weighted by Gasteiger charge is 2.43. The highest BCUT2D eigenvalue weighted by Crippen LogP contribution is 2.32. The van der Waals surface area contributed by atoms with Crippen LogP contribution in [0.2, 0.25) is 0 Å². The Hall–Kier alpha value is -0.0900. The van der Waals surface area contributed by atoms with Gasteiger partial charge >= 0.3 is 0 Å². The number of aliphatic hydroxyl groups is 4. The molecule has 1 aliphatic heterocycles. The molecule has 10 heteroatoms. The lowest BCUT2D eigenvalue weighted by atomic mass is 10.00. The van der Waals surface area contributed by atoms with Gasteiger partial charge in [0.15, 0.2) is 6.29 Å². The van der Waals surface area contributed by atoms with Crippen LogP contribution in [0.25, 0.3) is 0 Å². The first-order chi connectivity index (χ1) is 7.22. The number of aliphatic hydroxyl groups excluding tert-OH is 4. The highest BCUT2D eigenvalue weighted by atomic mass is 31.2. The standard InChI is InChI=1S/C6H13O9P/c7-3-2(1-14-16(11,12)13)15-6(10)5(9)4(3)8/h2-10H,1H2,(H2,11,12,13)/p-1/t2?,3-,4-,5?,6+/m1/s1. The van der Waals surface area contributed by atoms with Gasteiger partial charge in [-0.2, -0.15) is 0 Å². The van der Waals surface area contributed by atoms with Crippen molar-refractivity contribution in [3.8, 4) is 0 Å². The number of phosphoric ester groups is 1. The fourth-order valence-corrected chi connectivity index (χ4v) is 1.57. The lowest BCUT2D eigenvalue weighted by molar-refractivity contribution is -0.289. The van der Waals surface area contributed by atoms with Crippen molar-refractivity contribution >= 4 is 7.82 Å². The van der Waals surface area contributed by atoms with Crippen LogP contribution in [0.15, 0.2) is 0 Å². The van der Waals surface area contributed by atoms with Crippen LogP contribution in [0.5, 0.6) is 0 Å². The number of hydrogen-bond acceptors (Lipinski definition) is 8. The molecule has 0 saturated carbocycles. The van der Waals surface area contributed by atoms with E-state index in [9.17, 15) is 19.7 Å². The van der Waals surface area contributed by atoms with Gasteiger partial charge in [0.2, 0.25) is 0 Å². The Morgan fingerprint density at radius 2 is 1.75 bits per heavy atom. The maximum absolute atomic E-state index is 10.3. The summed E-state index contributed by atoms with van der Waals surface area (Å²) >= 11 is 0. The lowest BCUT2D eigenvalue weighted by Gasteiger charge is -2.38. The minimum absolute atomic E-state index is 0.792. The van der Waals surface area contributed by atoms with Crippen LogP contribution in [-0.2, 0) is 13.8 Å². The topological polar surface area (TPSA) is 160 Å². The summed E-state index contributed by atoms with van der Waals surface area (Å²) in [6.07, 6.45) is -8.23. The Labute approximate surface area is 90.1 Å². The van der Waals surface area contributed by atoms with E-state index in [2.05, 4.69) is 9.26 Å². The van der Waals surface area contributed by atoms with Gasteiger partial charge < -0.3 is 39.5 Å². The van der Waals surface area contributed by atoms with Gasteiger partial charge in [-0.05, 0) is 0 Å². The van der Waals surface area contributed by atoms with Crippen molar-refractivity contribution in [1.29, 1.82) is 0 Å². The molecule has 0 aromatic heterocycles. The SMILES string of the molecule is O=P([O-])(O)OCC1O[C@H](O)C(O)[C@H](O)[C@@H]1O. The molecule has 16 heavy (non-hydrogen) atoms. The summed E-state index contributed by atoms with van der Waals surface area (Å²) in [5.41, 5.74) is 0. The molecule has 0 radical (unpaired) electrons. The van der Waals surface area contributed by atoms with Crippen LogP contribution < -0.4 is 4.89 Å². The zero-order valence-electron chi connectivity index (χ0n) is 7.91. The number of rotatable bonds is 3. The Morgan fingerprint density at radius 3 is 2.25 bits per heavy atom. The molecule has 1 saturated heterocycles. The van der Waals surface area contributed by atoms with Crippen molar-refractivity contribution in [2.45, 2.75) is 30.7 Å². The van der Waals surface area contributed by atoms with Crippen LogP contribution in [0.4, 0.5) is 0 Å². The minimum atomic E-state index is -4.98. The zero-order chi connectivity index (χ0) is 12.5. The Morgan fingerprint density at radius 1 is 1.19 bits per heavy atom. The second-order valence-electron chi connectivity index (χ2n) is 3.30. The Bertz CT molecular complexity index is 277. The van der Waals surface area contributed by atoms with Gasteiger partial charge in [-0.25, -0.2) is 0 Å². The molecule has 0 bridgehead atoms. The fourth-order valence-electron chi connectivity index (χ4n) is 1.24. The second-order valence-corrected chi connectivity index (χ2v) is 4.50. The van der Waals surface area contributed by atoms with Gasteiger partial charge in [0.05, 0.1) is 6.61 Å². The van der Waals surface area contributed by atoms with Crippen LogP contribution in [0, 0.1) is 0 Å². The van der Waals surface area contributed by atoms with Gasteiger partial charge in [-0.15, -0.1) is 0 Å². The predicted molar refractivity (Wildman–Crippen MR) is 44.7 cm³/mol. The average molecular weight is 259 g/mol. The van der Waals surface area contributed by atoms with Crippen molar-refractivity contribution in [2.75, 3.05) is 6.61 Å². The van der Waals surface area contributed by atoms with Gasteiger partial charge in [0.25, 0.3) is 7.82 Å². The fraction of sp³-hybridized carbons (Fsp3) is 1.00. The normalized spacial score (nSPS) is 44.0. The molecule has 0 aromatic carbocycles. The summed E-state index contributed by atoms with van der Waals surface area (Å²) in [7, 11) is -4.98. The van der Waals surface area contributed by atoms with Crippen LogP contribution in [-0.4, -0.2) is 62.6 Å². The molecule has 5 N–H and O–H groups in total. The smallest absolute Gasteiger partial charge is 0.265 e. The summed E-state index contributed by atoms with van der Waals surface area (Å²) in [4.78, 5) is 18.5. The second kappa shape index (κ2) is 5.05. The summed E-state index contributed by atoms with van der Waals surface area (Å²) in [5, 5.41) is 36.7. The third-order valence-electron chi connectivity index (χ3n) is 2.09. The summed E-state index contributed by atoms with van der Waals surface area (Å²) < 4.78 is 18.8. The Kier molecular flexibility index (Phi) is 4.41. The molecule has 1 fully saturated rings. The molecule has 3 unspecified atom stereocenters. The molecule has 0 aliphatic carbocycles. The molecule has 6 atom stereocenters. The van der Waals surface area contributed by atoms with Gasteiger partial charge in [0, 0.05) is 0 Å². The highest BCUT2D eigenvalue weighted by molar-refractivity contribution is 7.44. The molecule has 96 valence electrons. The molecule has 1 aliphatic rings. The molecular formula is C6H12O9P-. The quantitative estimate of drug-likeness (QED) is 0.321. The van der Waals surface area contributed by atoms with E-state index >= 15 is 0 Å². The van der Waals surface area contributed by atoms with Crippen molar-refractivity contribution in [2.24, 2.45) is 0 Å². The van der Waals surface area contributed by atoms with Crippen molar-refractivity contribution in [3.05, 3.63) is 0 Å². The van der Waals surface area contributed by atoms with Crippen molar-refractivity contribution in [3.63, 3.8) is 0 Å². The van der Waals surface area contributed by atoms with Gasteiger partial charge in [-0.1, -0.05) is 0 Å². The van der Waals surface area contributed by atoms with Crippen molar-refractivity contribution < 1.29 is 44.0 Å². The van der Waals surface area contributed by atoms with E-state index in [-0.39, 0.29) is 0 Å².